The average molecular weight is 262 g/mol. The summed E-state index contributed by atoms with van der Waals surface area (Å²) in [7, 11) is 0. The Labute approximate surface area is 118 Å². The van der Waals surface area contributed by atoms with E-state index in [-0.39, 0.29) is 0 Å². The monoisotopic (exact) mass is 262 g/mol. The molecule has 3 aliphatic heterocycles. The molecule has 2 heteroatoms. The van der Waals surface area contributed by atoms with Crippen molar-refractivity contribution < 1.29 is 0 Å². The Hall–Kier alpha value is -0.0800. The molecular formula is C17H30N2. The van der Waals surface area contributed by atoms with Gasteiger partial charge in [0.15, 0.2) is 0 Å². The highest BCUT2D eigenvalue weighted by Crippen LogP contribution is 2.49. The Balaban J connectivity index is 1.30. The van der Waals surface area contributed by atoms with Gasteiger partial charge < -0.3 is 10.2 Å². The van der Waals surface area contributed by atoms with Crippen LogP contribution in [-0.2, 0) is 0 Å². The van der Waals surface area contributed by atoms with Crippen molar-refractivity contribution in [2.75, 3.05) is 19.6 Å². The first-order chi connectivity index (χ1) is 9.33. The summed E-state index contributed by atoms with van der Waals surface area (Å²) in [6.45, 7) is 4.08. The van der Waals surface area contributed by atoms with Gasteiger partial charge in [0.1, 0.15) is 0 Å². The van der Waals surface area contributed by atoms with Gasteiger partial charge in [0.25, 0.3) is 0 Å². The first-order valence-corrected chi connectivity index (χ1v) is 8.81. The minimum absolute atomic E-state index is 0.799. The molecule has 3 saturated heterocycles. The van der Waals surface area contributed by atoms with Crippen LogP contribution in [0.1, 0.15) is 64.2 Å². The molecule has 0 aromatic carbocycles. The molecule has 1 unspecified atom stereocenters. The molecule has 19 heavy (non-hydrogen) atoms. The SMILES string of the molecule is C1CCC2(C1)CCC(NC1CN3CCC1CC3)CC2. The highest BCUT2D eigenvalue weighted by atomic mass is 15.2. The molecule has 0 amide bonds. The fourth-order valence-corrected chi connectivity index (χ4v) is 5.48. The Morgan fingerprint density at radius 2 is 1.53 bits per heavy atom. The molecule has 5 rings (SSSR count). The third kappa shape index (κ3) is 2.47. The van der Waals surface area contributed by atoms with Crippen molar-refractivity contribution in [2.24, 2.45) is 11.3 Å². The molecule has 1 N–H and O–H groups in total. The molecule has 108 valence electrons. The second-order valence-electron chi connectivity index (χ2n) is 7.89. The summed E-state index contributed by atoms with van der Waals surface area (Å²) in [5, 5.41) is 4.05. The third-order valence-corrected chi connectivity index (χ3v) is 6.82. The fourth-order valence-electron chi connectivity index (χ4n) is 5.48. The lowest BCUT2D eigenvalue weighted by Crippen LogP contribution is -2.58. The minimum atomic E-state index is 0.799. The fraction of sp³-hybridized carbons (Fsp3) is 1.00. The molecule has 2 aliphatic carbocycles. The lowest BCUT2D eigenvalue weighted by molar-refractivity contribution is 0.0577. The van der Waals surface area contributed by atoms with Gasteiger partial charge in [-0.1, -0.05) is 12.8 Å². The molecule has 0 aromatic rings. The van der Waals surface area contributed by atoms with Gasteiger partial charge in [-0.15, -0.1) is 0 Å². The van der Waals surface area contributed by atoms with E-state index >= 15 is 0 Å². The Bertz CT molecular complexity index is 303. The van der Waals surface area contributed by atoms with E-state index in [0.717, 1.165) is 23.4 Å². The largest absolute Gasteiger partial charge is 0.310 e. The zero-order valence-corrected chi connectivity index (χ0v) is 12.4. The maximum absolute atomic E-state index is 4.05. The van der Waals surface area contributed by atoms with Gasteiger partial charge in [-0.2, -0.15) is 0 Å². The second kappa shape index (κ2) is 5.04. The van der Waals surface area contributed by atoms with Crippen LogP contribution in [0.3, 0.4) is 0 Å². The minimum Gasteiger partial charge on any atom is -0.310 e. The lowest BCUT2D eigenvalue weighted by atomic mass is 9.71. The van der Waals surface area contributed by atoms with Crippen molar-refractivity contribution in [3.63, 3.8) is 0 Å². The summed E-state index contributed by atoms with van der Waals surface area (Å²) >= 11 is 0. The van der Waals surface area contributed by atoms with Crippen LogP contribution in [0.25, 0.3) is 0 Å². The summed E-state index contributed by atoms with van der Waals surface area (Å²) in [5.74, 6) is 0.993. The van der Waals surface area contributed by atoms with Crippen LogP contribution in [0.5, 0.6) is 0 Å². The van der Waals surface area contributed by atoms with Gasteiger partial charge in [-0.05, 0) is 75.8 Å². The van der Waals surface area contributed by atoms with E-state index < -0.39 is 0 Å². The van der Waals surface area contributed by atoms with Crippen LogP contribution in [0.4, 0.5) is 0 Å². The van der Waals surface area contributed by atoms with Crippen LogP contribution in [0, 0.1) is 11.3 Å². The summed E-state index contributed by atoms with van der Waals surface area (Å²) < 4.78 is 0. The summed E-state index contributed by atoms with van der Waals surface area (Å²) in [4.78, 5) is 2.68. The zero-order chi connectivity index (χ0) is 12.7. The van der Waals surface area contributed by atoms with Crippen molar-refractivity contribution in [3.05, 3.63) is 0 Å². The number of fused-ring (bicyclic) bond motifs is 3. The van der Waals surface area contributed by atoms with E-state index in [1.807, 2.05) is 0 Å². The van der Waals surface area contributed by atoms with Gasteiger partial charge in [-0.3, -0.25) is 0 Å². The first-order valence-electron chi connectivity index (χ1n) is 8.81. The molecule has 1 atom stereocenters. The van der Waals surface area contributed by atoms with Gasteiger partial charge in [0.05, 0.1) is 0 Å². The number of rotatable bonds is 2. The van der Waals surface area contributed by atoms with Crippen molar-refractivity contribution in [1.82, 2.24) is 10.2 Å². The molecule has 5 aliphatic rings. The number of hydrogen-bond acceptors (Lipinski definition) is 2. The molecule has 1 spiro atoms. The Morgan fingerprint density at radius 3 is 2.11 bits per heavy atom. The normalized spacial score (nSPS) is 42.0. The summed E-state index contributed by atoms with van der Waals surface area (Å²) in [6, 6.07) is 1.67. The number of piperidine rings is 3. The molecule has 2 nitrogen and oxygen atoms in total. The topological polar surface area (TPSA) is 15.3 Å². The predicted molar refractivity (Wildman–Crippen MR) is 79.2 cm³/mol. The van der Waals surface area contributed by atoms with E-state index in [2.05, 4.69) is 10.2 Å². The number of hydrogen-bond donors (Lipinski definition) is 1. The van der Waals surface area contributed by atoms with Crippen LogP contribution in [0.15, 0.2) is 0 Å². The van der Waals surface area contributed by atoms with Crippen molar-refractivity contribution >= 4 is 0 Å². The maximum Gasteiger partial charge on any atom is 0.0226 e. The Morgan fingerprint density at radius 1 is 0.842 bits per heavy atom. The van der Waals surface area contributed by atoms with Gasteiger partial charge in [-0.25, -0.2) is 0 Å². The quantitative estimate of drug-likeness (QED) is 0.822. The lowest BCUT2D eigenvalue weighted by Gasteiger charge is -2.47. The standard InChI is InChI=1S/C17H30N2/c1-2-8-17(7-1)9-3-15(4-10-17)18-16-13-19-11-5-14(16)6-12-19/h14-16,18H,1-13H2. The predicted octanol–water partition coefficient (Wildman–Crippen LogP) is 3.17. The first kappa shape index (κ1) is 12.6. The molecular weight excluding hydrogens is 232 g/mol. The van der Waals surface area contributed by atoms with E-state index in [1.54, 1.807) is 12.8 Å². The molecule has 2 bridgehead atoms. The Kier molecular flexibility index (Phi) is 3.35. The maximum atomic E-state index is 4.05. The van der Waals surface area contributed by atoms with Crippen LogP contribution in [0.2, 0.25) is 0 Å². The second-order valence-corrected chi connectivity index (χ2v) is 7.89. The number of nitrogens with one attached hydrogen (secondary N) is 1. The van der Waals surface area contributed by atoms with E-state index in [0.29, 0.717) is 0 Å². The van der Waals surface area contributed by atoms with Gasteiger partial charge in [0, 0.05) is 18.6 Å². The summed E-state index contributed by atoms with van der Waals surface area (Å²) in [6.07, 6.45) is 15.0. The van der Waals surface area contributed by atoms with Crippen LogP contribution < -0.4 is 5.32 Å². The van der Waals surface area contributed by atoms with Gasteiger partial charge >= 0.3 is 0 Å². The molecule has 3 heterocycles. The van der Waals surface area contributed by atoms with Crippen molar-refractivity contribution in [2.45, 2.75) is 76.3 Å². The highest BCUT2D eigenvalue weighted by molar-refractivity contribution is 4.96. The van der Waals surface area contributed by atoms with Crippen molar-refractivity contribution in [3.8, 4) is 0 Å². The summed E-state index contributed by atoms with van der Waals surface area (Å²) in [5.41, 5.74) is 0.799. The zero-order valence-electron chi connectivity index (χ0n) is 12.4. The highest BCUT2D eigenvalue weighted by Gasteiger charge is 2.39. The smallest absolute Gasteiger partial charge is 0.0226 e. The molecule has 2 saturated carbocycles. The molecule has 0 aromatic heterocycles. The van der Waals surface area contributed by atoms with E-state index in [4.69, 9.17) is 0 Å². The average Bonchev–Trinajstić information content (AvgIpc) is 2.92. The van der Waals surface area contributed by atoms with Gasteiger partial charge in [0.2, 0.25) is 0 Å². The van der Waals surface area contributed by atoms with Crippen LogP contribution >= 0.6 is 0 Å². The number of nitrogens with zero attached hydrogens (tertiary/aromatic N) is 1. The van der Waals surface area contributed by atoms with Crippen LogP contribution in [-0.4, -0.2) is 36.6 Å². The molecule has 5 fully saturated rings. The van der Waals surface area contributed by atoms with E-state index in [9.17, 15) is 0 Å². The molecule has 0 radical (unpaired) electrons. The van der Waals surface area contributed by atoms with Crippen molar-refractivity contribution in [1.29, 1.82) is 0 Å². The van der Waals surface area contributed by atoms with E-state index in [1.165, 1.54) is 71.0 Å². The third-order valence-electron chi connectivity index (χ3n) is 6.82.